The number of carbonyl (C=O) groups is 2. The SMILES string of the molecule is CC[C@H](C)NC(=O)[C@H](C)N(Cc1cccc(C)c1)C(=O)CN(c1ccc(I)cc1)S(C)(=O)=O. The van der Waals surface area contributed by atoms with Crippen LogP contribution in [0.25, 0.3) is 0 Å². The summed E-state index contributed by atoms with van der Waals surface area (Å²) < 4.78 is 27.1. The summed E-state index contributed by atoms with van der Waals surface area (Å²) in [7, 11) is -3.73. The Bertz CT molecular complexity index is 1070. The number of aryl methyl sites for hydroxylation is 1. The van der Waals surface area contributed by atoms with Gasteiger partial charge in [-0.25, -0.2) is 8.42 Å². The van der Waals surface area contributed by atoms with Crippen LogP contribution in [0.3, 0.4) is 0 Å². The summed E-state index contributed by atoms with van der Waals surface area (Å²) in [6, 6.07) is 13.8. The summed E-state index contributed by atoms with van der Waals surface area (Å²) in [5, 5.41) is 2.92. The fourth-order valence-corrected chi connectivity index (χ4v) is 4.49. The number of hydrogen-bond donors (Lipinski definition) is 1. The van der Waals surface area contributed by atoms with Gasteiger partial charge in [0.25, 0.3) is 0 Å². The quantitative estimate of drug-likeness (QED) is 0.431. The molecule has 2 atom stereocenters. The van der Waals surface area contributed by atoms with Crippen molar-refractivity contribution in [1.82, 2.24) is 10.2 Å². The Morgan fingerprint density at radius 1 is 1.09 bits per heavy atom. The molecule has 0 fully saturated rings. The number of nitrogens with zero attached hydrogens (tertiary/aromatic N) is 2. The van der Waals surface area contributed by atoms with E-state index in [-0.39, 0.29) is 18.5 Å². The van der Waals surface area contributed by atoms with Crippen molar-refractivity contribution >= 4 is 50.1 Å². The van der Waals surface area contributed by atoms with Crippen LogP contribution < -0.4 is 9.62 Å². The normalized spacial score (nSPS) is 13.2. The van der Waals surface area contributed by atoms with Crippen LogP contribution in [0.4, 0.5) is 5.69 Å². The van der Waals surface area contributed by atoms with E-state index in [1.165, 1.54) is 4.90 Å². The Morgan fingerprint density at radius 2 is 1.73 bits per heavy atom. The lowest BCUT2D eigenvalue weighted by atomic mass is 10.1. The van der Waals surface area contributed by atoms with Gasteiger partial charge in [-0.2, -0.15) is 0 Å². The van der Waals surface area contributed by atoms with Crippen molar-refractivity contribution in [3.05, 3.63) is 63.2 Å². The van der Waals surface area contributed by atoms with Crippen molar-refractivity contribution in [2.24, 2.45) is 0 Å². The third-order valence-corrected chi connectivity index (χ3v) is 7.26. The Hall–Kier alpha value is -2.14. The molecule has 0 unspecified atom stereocenters. The van der Waals surface area contributed by atoms with Crippen molar-refractivity contribution in [3.63, 3.8) is 0 Å². The molecule has 0 radical (unpaired) electrons. The van der Waals surface area contributed by atoms with Crippen molar-refractivity contribution in [2.75, 3.05) is 17.1 Å². The van der Waals surface area contributed by atoms with Gasteiger partial charge in [-0.3, -0.25) is 13.9 Å². The van der Waals surface area contributed by atoms with E-state index < -0.39 is 28.5 Å². The Kier molecular flexibility index (Phi) is 9.71. The molecule has 2 amide bonds. The van der Waals surface area contributed by atoms with Crippen LogP contribution in [-0.2, 0) is 26.2 Å². The first-order valence-corrected chi connectivity index (χ1v) is 13.7. The minimum absolute atomic E-state index is 0.0322. The first-order chi connectivity index (χ1) is 15.4. The lowest BCUT2D eigenvalue weighted by Crippen LogP contribution is -2.52. The summed E-state index contributed by atoms with van der Waals surface area (Å²) in [4.78, 5) is 27.8. The molecule has 0 aromatic heterocycles. The van der Waals surface area contributed by atoms with E-state index >= 15 is 0 Å². The smallest absolute Gasteiger partial charge is 0.244 e. The van der Waals surface area contributed by atoms with Gasteiger partial charge in [-0.05, 0) is 79.6 Å². The summed E-state index contributed by atoms with van der Waals surface area (Å²) in [6.07, 6.45) is 1.83. The number of halogens is 1. The fraction of sp³-hybridized carbons (Fsp3) is 0.417. The number of sulfonamides is 1. The first-order valence-electron chi connectivity index (χ1n) is 10.8. The molecule has 1 N–H and O–H groups in total. The zero-order valence-corrected chi connectivity index (χ0v) is 22.7. The van der Waals surface area contributed by atoms with Gasteiger partial charge in [0, 0.05) is 16.2 Å². The maximum absolute atomic E-state index is 13.5. The van der Waals surface area contributed by atoms with Gasteiger partial charge in [0.1, 0.15) is 12.6 Å². The maximum atomic E-state index is 13.5. The summed E-state index contributed by atoms with van der Waals surface area (Å²) in [5.74, 6) is -0.724. The standard InChI is InChI=1S/C24H32IN3O4S/c1-6-18(3)26-24(30)19(4)27(15-20-9-7-8-17(2)14-20)23(29)16-28(33(5,31)32)22-12-10-21(25)11-13-22/h7-14,18-19H,6,15-16H2,1-5H3,(H,26,30)/t18-,19-/m0/s1. The Balaban J connectivity index is 2.37. The van der Waals surface area contributed by atoms with Crippen LogP contribution in [0.5, 0.6) is 0 Å². The minimum Gasteiger partial charge on any atom is -0.352 e. The number of benzene rings is 2. The van der Waals surface area contributed by atoms with Crippen molar-refractivity contribution in [2.45, 2.75) is 52.7 Å². The summed E-state index contributed by atoms with van der Waals surface area (Å²) in [6.45, 7) is 7.29. The van der Waals surface area contributed by atoms with Crippen molar-refractivity contribution < 1.29 is 18.0 Å². The van der Waals surface area contributed by atoms with Crippen LogP contribution in [0, 0.1) is 10.5 Å². The largest absolute Gasteiger partial charge is 0.352 e. The Morgan fingerprint density at radius 3 is 2.27 bits per heavy atom. The van der Waals surface area contributed by atoms with Gasteiger partial charge >= 0.3 is 0 Å². The number of carbonyl (C=O) groups excluding carboxylic acids is 2. The number of nitrogens with one attached hydrogen (secondary N) is 1. The van der Waals surface area contributed by atoms with E-state index in [1.54, 1.807) is 31.2 Å². The van der Waals surface area contributed by atoms with Crippen molar-refractivity contribution in [3.8, 4) is 0 Å². The van der Waals surface area contributed by atoms with Gasteiger partial charge in [0.05, 0.1) is 11.9 Å². The van der Waals surface area contributed by atoms with Crippen LogP contribution in [-0.4, -0.2) is 50.0 Å². The Labute approximate surface area is 210 Å². The van der Waals surface area contributed by atoms with E-state index in [0.717, 1.165) is 31.7 Å². The number of anilines is 1. The molecule has 180 valence electrons. The second kappa shape index (κ2) is 11.8. The van der Waals surface area contributed by atoms with E-state index in [4.69, 9.17) is 0 Å². The van der Waals surface area contributed by atoms with Gasteiger partial charge in [-0.15, -0.1) is 0 Å². The predicted molar refractivity (Wildman–Crippen MR) is 140 cm³/mol. The highest BCUT2D eigenvalue weighted by Crippen LogP contribution is 2.20. The fourth-order valence-electron chi connectivity index (χ4n) is 3.28. The number of rotatable bonds is 10. The molecule has 7 nitrogen and oxygen atoms in total. The highest BCUT2D eigenvalue weighted by Gasteiger charge is 2.30. The molecule has 0 saturated carbocycles. The zero-order chi connectivity index (χ0) is 24.8. The molecule has 0 aliphatic heterocycles. The van der Waals surface area contributed by atoms with E-state index in [9.17, 15) is 18.0 Å². The molecule has 0 aliphatic rings. The maximum Gasteiger partial charge on any atom is 0.244 e. The summed E-state index contributed by atoms with van der Waals surface area (Å²) >= 11 is 2.13. The lowest BCUT2D eigenvalue weighted by molar-refractivity contribution is -0.139. The van der Waals surface area contributed by atoms with E-state index in [1.807, 2.05) is 45.0 Å². The molecule has 0 bridgehead atoms. The first kappa shape index (κ1) is 27.1. The second-order valence-corrected chi connectivity index (χ2v) is 11.4. The van der Waals surface area contributed by atoms with Crippen molar-refractivity contribution in [1.29, 1.82) is 0 Å². The second-order valence-electron chi connectivity index (χ2n) is 8.25. The molecular formula is C24H32IN3O4S. The molecule has 0 spiro atoms. The molecule has 2 rings (SSSR count). The molecule has 2 aromatic rings. The molecule has 0 aliphatic carbocycles. The van der Waals surface area contributed by atoms with Crippen LogP contribution in [0.1, 0.15) is 38.3 Å². The molecule has 0 saturated heterocycles. The van der Waals surface area contributed by atoms with E-state index in [2.05, 4.69) is 27.9 Å². The van der Waals surface area contributed by atoms with Crippen LogP contribution in [0.15, 0.2) is 48.5 Å². The zero-order valence-electron chi connectivity index (χ0n) is 19.7. The van der Waals surface area contributed by atoms with Gasteiger partial charge < -0.3 is 10.2 Å². The molecule has 9 heteroatoms. The van der Waals surface area contributed by atoms with Crippen LogP contribution >= 0.6 is 22.6 Å². The molecular weight excluding hydrogens is 553 g/mol. The monoisotopic (exact) mass is 585 g/mol. The van der Waals surface area contributed by atoms with Gasteiger partial charge in [-0.1, -0.05) is 36.8 Å². The van der Waals surface area contributed by atoms with E-state index in [0.29, 0.717) is 5.69 Å². The lowest BCUT2D eigenvalue weighted by Gasteiger charge is -2.32. The number of amides is 2. The summed E-state index contributed by atoms with van der Waals surface area (Å²) in [5.41, 5.74) is 2.30. The number of hydrogen-bond acceptors (Lipinski definition) is 4. The third kappa shape index (κ3) is 7.99. The van der Waals surface area contributed by atoms with Gasteiger partial charge in [0.15, 0.2) is 0 Å². The predicted octanol–water partition coefficient (Wildman–Crippen LogP) is 3.70. The van der Waals surface area contributed by atoms with Gasteiger partial charge in [0.2, 0.25) is 21.8 Å². The third-order valence-electron chi connectivity index (χ3n) is 5.40. The molecule has 0 heterocycles. The average molecular weight is 586 g/mol. The van der Waals surface area contributed by atoms with Crippen LogP contribution in [0.2, 0.25) is 0 Å². The highest BCUT2D eigenvalue weighted by molar-refractivity contribution is 14.1. The average Bonchev–Trinajstić information content (AvgIpc) is 2.75. The molecule has 2 aromatic carbocycles. The topological polar surface area (TPSA) is 86.8 Å². The minimum atomic E-state index is -3.73. The highest BCUT2D eigenvalue weighted by atomic mass is 127. The molecule has 33 heavy (non-hydrogen) atoms.